The number of ether oxygens (including phenoxy) is 2. The fourth-order valence-corrected chi connectivity index (χ4v) is 3.43. The lowest BCUT2D eigenvalue weighted by Crippen LogP contribution is -2.39. The van der Waals surface area contributed by atoms with Crippen molar-refractivity contribution in [1.29, 1.82) is 0 Å². The summed E-state index contributed by atoms with van der Waals surface area (Å²) in [5.41, 5.74) is 1.38. The van der Waals surface area contributed by atoms with Gasteiger partial charge in [-0.3, -0.25) is 4.90 Å². The molecule has 0 radical (unpaired) electrons. The molecule has 2 aromatic heterocycles. The van der Waals surface area contributed by atoms with Crippen LogP contribution in [0.5, 0.6) is 0 Å². The largest absolute Gasteiger partial charge is 0.384 e. The van der Waals surface area contributed by atoms with Gasteiger partial charge >= 0.3 is 0 Å². The summed E-state index contributed by atoms with van der Waals surface area (Å²) >= 11 is 1.75. The number of aromatic nitrogens is 2. The Kier molecular flexibility index (Phi) is 6.15. The first kappa shape index (κ1) is 16.6. The van der Waals surface area contributed by atoms with Gasteiger partial charge in [-0.15, -0.1) is 0 Å². The number of nitrogens with zero attached hydrogens (tertiary/aromatic N) is 3. The van der Waals surface area contributed by atoms with Crippen LogP contribution in [0.1, 0.15) is 30.1 Å². The van der Waals surface area contributed by atoms with Crippen molar-refractivity contribution in [2.75, 3.05) is 26.8 Å². The van der Waals surface area contributed by atoms with Gasteiger partial charge < -0.3 is 14.0 Å². The summed E-state index contributed by atoms with van der Waals surface area (Å²) in [5.74, 6) is 1.22. The van der Waals surface area contributed by atoms with Gasteiger partial charge in [0.15, 0.2) is 5.82 Å². The second-order valence-electron chi connectivity index (χ2n) is 5.79. The summed E-state index contributed by atoms with van der Waals surface area (Å²) in [6, 6.07) is 2.19. The van der Waals surface area contributed by atoms with E-state index in [1.807, 2.05) is 0 Å². The van der Waals surface area contributed by atoms with Gasteiger partial charge in [0, 0.05) is 26.6 Å². The minimum atomic E-state index is 0.233. The Balaban J connectivity index is 1.43. The number of methoxy groups -OCH3 is 1. The fourth-order valence-electron chi connectivity index (χ4n) is 2.77. The Morgan fingerprint density at radius 2 is 2.43 bits per heavy atom. The molecule has 3 rings (SSSR count). The zero-order valence-corrected chi connectivity index (χ0v) is 14.3. The topological polar surface area (TPSA) is 60.6 Å². The number of likely N-dealkylation sites (tertiary alicyclic amines) is 1. The number of hydrogen-bond donors (Lipinski definition) is 0. The van der Waals surface area contributed by atoms with Crippen LogP contribution in [0.3, 0.4) is 0 Å². The minimum absolute atomic E-state index is 0.233. The van der Waals surface area contributed by atoms with E-state index in [0.717, 1.165) is 32.5 Å². The van der Waals surface area contributed by atoms with Crippen molar-refractivity contribution in [1.82, 2.24) is 15.0 Å². The average molecular weight is 337 g/mol. The van der Waals surface area contributed by atoms with Crippen molar-refractivity contribution in [3.8, 4) is 0 Å². The molecule has 1 saturated heterocycles. The van der Waals surface area contributed by atoms with E-state index in [2.05, 4.69) is 31.9 Å². The Morgan fingerprint density at radius 1 is 1.48 bits per heavy atom. The predicted octanol–water partition coefficient (Wildman–Crippen LogP) is 2.50. The molecule has 2 aromatic rings. The Hall–Kier alpha value is -1.28. The van der Waals surface area contributed by atoms with Crippen LogP contribution in [-0.2, 0) is 29.0 Å². The van der Waals surface area contributed by atoms with Gasteiger partial charge in [-0.1, -0.05) is 5.16 Å². The van der Waals surface area contributed by atoms with Gasteiger partial charge in [-0.25, -0.2) is 0 Å². The molecule has 0 saturated carbocycles. The summed E-state index contributed by atoms with van der Waals surface area (Å²) in [4.78, 5) is 6.77. The normalized spacial score (nSPS) is 19.3. The zero-order valence-electron chi connectivity index (χ0n) is 13.4. The summed E-state index contributed by atoms with van der Waals surface area (Å²) in [7, 11) is 1.66. The van der Waals surface area contributed by atoms with E-state index in [0.29, 0.717) is 31.3 Å². The highest BCUT2D eigenvalue weighted by molar-refractivity contribution is 7.07. The third kappa shape index (κ3) is 5.10. The molecular formula is C16H23N3O3S. The van der Waals surface area contributed by atoms with Crippen molar-refractivity contribution >= 4 is 11.3 Å². The number of hydrogen-bond acceptors (Lipinski definition) is 7. The fraction of sp³-hybridized carbons (Fsp3) is 0.625. The van der Waals surface area contributed by atoms with Gasteiger partial charge in [-0.05, 0) is 41.8 Å². The van der Waals surface area contributed by atoms with Gasteiger partial charge in [-0.2, -0.15) is 16.3 Å². The van der Waals surface area contributed by atoms with E-state index in [1.54, 1.807) is 18.4 Å². The molecule has 0 bridgehead atoms. The summed E-state index contributed by atoms with van der Waals surface area (Å²) < 4.78 is 16.2. The highest BCUT2D eigenvalue weighted by Gasteiger charge is 2.21. The summed E-state index contributed by atoms with van der Waals surface area (Å²) in [6.07, 6.45) is 3.15. The smallest absolute Gasteiger partial charge is 0.252 e. The van der Waals surface area contributed by atoms with Crippen LogP contribution in [0.2, 0.25) is 0 Å². The van der Waals surface area contributed by atoms with Crippen LogP contribution in [-0.4, -0.2) is 48.0 Å². The molecule has 1 atom stereocenters. The Bertz CT molecular complexity index is 573. The minimum Gasteiger partial charge on any atom is -0.384 e. The van der Waals surface area contributed by atoms with E-state index < -0.39 is 0 Å². The first-order valence-electron chi connectivity index (χ1n) is 7.99. The van der Waals surface area contributed by atoms with Crippen LogP contribution in [0.25, 0.3) is 0 Å². The molecule has 1 aliphatic heterocycles. The predicted molar refractivity (Wildman–Crippen MR) is 87.3 cm³/mol. The van der Waals surface area contributed by atoms with Gasteiger partial charge in [0.25, 0.3) is 5.89 Å². The zero-order chi connectivity index (χ0) is 15.9. The lowest BCUT2D eigenvalue weighted by molar-refractivity contribution is -0.0210. The molecule has 0 aliphatic carbocycles. The number of rotatable bonds is 8. The van der Waals surface area contributed by atoms with E-state index >= 15 is 0 Å². The maximum atomic E-state index is 5.97. The summed E-state index contributed by atoms with van der Waals surface area (Å²) in [6.45, 7) is 4.08. The standard InChI is InChI=1S/C16H23N3O3S/c1-20-7-4-15-17-16(22-18-15)11-21-14-3-2-6-19(10-14)9-13-5-8-23-12-13/h5,8,12,14H,2-4,6-7,9-11H2,1H3. The lowest BCUT2D eigenvalue weighted by atomic mass is 10.1. The molecule has 23 heavy (non-hydrogen) atoms. The van der Waals surface area contributed by atoms with Crippen molar-refractivity contribution < 1.29 is 14.0 Å². The average Bonchev–Trinajstić information content (AvgIpc) is 3.23. The molecule has 1 fully saturated rings. The molecule has 6 nitrogen and oxygen atoms in total. The SMILES string of the molecule is COCCc1noc(COC2CCCN(Cc3ccsc3)C2)n1. The Morgan fingerprint density at radius 3 is 3.26 bits per heavy atom. The first-order chi connectivity index (χ1) is 11.3. The molecule has 0 N–H and O–H groups in total. The molecule has 1 unspecified atom stereocenters. The van der Waals surface area contributed by atoms with Crippen LogP contribution in [0.15, 0.2) is 21.3 Å². The molecule has 0 amide bonds. The van der Waals surface area contributed by atoms with Crippen molar-refractivity contribution in [2.45, 2.75) is 38.5 Å². The molecule has 3 heterocycles. The molecule has 0 aromatic carbocycles. The molecule has 1 aliphatic rings. The lowest BCUT2D eigenvalue weighted by Gasteiger charge is -2.32. The van der Waals surface area contributed by atoms with Crippen LogP contribution < -0.4 is 0 Å². The second kappa shape index (κ2) is 8.54. The van der Waals surface area contributed by atoms with Crippen molar-refractivity contribution in [2.24, 2.45) is 0 Å². The first-order valence-corrected chi connectivity index (χ1v) is 8.93. The maximum absolute atomic E-state index is 5.97. The highest BCUT2D eigenvalue weighted by Crippen LogP contribution is 2.18. The van der Waals surface area contributed by atoms with Crippen LogP contribution in [0.4, 0.5) is 0 Å². The van der Waals surface area contributed by atoms with Crippen molar-refractivity contribution in [3.05, 3.63) is 34.1 Å². The van der Waals surface area contributed by atoms with Gasteiger partial charge in [0.2, 0.25) is 0 Å². The third-order valence-electron chi connectivity index (χ3n) is 3.93. The van der Waals surface area contributed by atoms with Crippen LogP contribution in [0, 0.1) is 0 Å². The third-order valence-corrected chi connectivity index (χ3v) is 4.66. The van der Waals surface area contributed by atoms with E-state index in [4.69, 9.17) is 14.0 Å². The van der Waals surface area contributed by atoms with Crippen LogP contribution >= 0.6 is 11.3 Å². The Labute approximate surface area is 140 Å². The van der Waals surface area contributed by atoms with E-state index in [-0.39, 0.29) is 6.10 Å². The molecule has 7 heteroatoms. The van der Waals surface area contributed by atoms with E-state index in [9.17, 15) is 0 Å². The maximum Gasteiger partial charge on any atom is 0.252 e. The molecule has 126 valence electrons. The van der Waals surface area contributed by atoms with Gasteiger partial charge in [0.1, 0.15) is 6.61 Å². The van der Waals surface area contributed by atoms with Gasteiger partial charge in [0.05, 0.1) is 12.7 Å². The second-order valence-corrected chi connectivity index (χ2v) is 6.57. The van der Waals surface area contributed by atoms with Crippen molar-refractivity contribution in [3.63, 3.8) is 0 Å². The number of thiophene rings is 1. The molecule has 0 spiro atoms. The molecular weight excluding hydrogens is 314 g/mol. The monoisotopic (exact) mass is 337 g/mol. The quantitative estimate of drug-likeness (QED) is 0.737. The number of piperidine rings is 1. The summed E-state index contributed by atoms with van der Waals surface area (Å²) in [5, 5.41) is 8.27. The highest BCUT2D eigenvalue weighted by atomic mass is 32.1. The van der Waals surface area contributed by atoms with E-state index in [1.165, 1.54) is 5.56 Å².